The van der Waals surface area contributed by atoms with E-state index in [4.69, 9.17) is 9.90 Å². The maximum Gasteiger partial charge on any atom is 1.00 e. The number of aliphatic hydroxyl groups is 1. The topological polar surface area (TPSA) is 57.5 Å². The summed E-state index contributed by atoms with van der Waals surface area (Å²) in [5.74, 6) is 0.296. The van der Waals surface area contributed by atoms with Gasteiger partial charge in [0.1, 0.15) is 0 Å². The number of aliphatic hydroxyl groups excluding tert-OH is 1. The molecule has 0 aromatic heterocycles. The van der Waals surface area contributed by atoms with E-state index in [9.17, 15) is 18.3 Å². The molecule has 0 aliphatic rings. The smallest absolute Gasteiger partial charge is 0.517 e. The number of phenols is 1. The van der Waals surface area contributed by atoms with Gasteiger partial charge in [-0.2, -0.15) is 13.2 Å². The quantitative estimate of drug-likeness (QED) is 0.435. The molecule has 0 heterocycles. The molecule has 0 atom stereocenters. The summed E-state index contributed by atoms with van der Waals surface area (Å²) < 4.78 is 31.2. The number of benzene rings is 2. The molecular weight excluding hydrogens is 392 g/mol. The Hall–Kier alpha value is -1.68. The van der Waals surface area contributed by atoms with Crippen LogP contribution in [0.15, 0.2) is 48.5 Å². The van der Waals surface area contributed by atoms with E-state index in [-0.39, 0.29) is 20.4 Å². The molecule has 0 bridgehead atoms. The molecule has 0 saturated carbocycles. The molecule has 0 unspecified atom stereocenters. The summed E-state index contributed by atoms with van der Waals surface area (Å²) in [5, 5.41) is 16.5. The van der Waals surface area contributed by atoms with Gasteiger partial charge in [-0.25, -0.2) is 0 Å². The number of para-hydroxylation sites is 1. The third-order valence-electron chi connectivity index (χ3n) is 2.04. The number of halogens is 3. The van der Waals surface area contributed by atoms with E-state index in [2.05, 4.69) is 6.07 Å². The van der Waals surface area contributed by atoms with Gasteiger partial charge in [-0.3, -0.25) is 4.79 Å². The van der Waals surface area contributed by atoms with Gasteiger partial charge in [0.15, 0.2) is 0 Å². The van der Waals surface area contributed by atoms with Crippen molar-refractivity contribution in [3.63, 3.8) is 0 Å². The maximum absolute atomic E-state index is 10.4. The van der Waals surface area contributed by atoms with Gasteiger partial charge in [0.05, 0.1) is 5.75 Å². The second-order valence-corrected chi connectivity index (χ2v) is 3.45. The van der Waals surface area contributed by atoms with Crippen LogP contribution in [-0.2, 0) is 25.2 Å². The van der Waals surface area contributed by atoms with Crippen molar-refractivity contribution in [3.05, 3.63) is 54.6 Å². The molecule has 2 rings (SSSR count). The number of aromatic hydroxyl groups is 1. The fourth-order valence-corrected chi connectivity index (χ4v) is 1.26. The molecule has 1 radical (unpaired) electrons. The fourth-order valence-electron chi connectivity index (χ4n) is 1.26. The molecule has 0 aliphatic carbocycles. The molecular formula is C15H14F3O3Pd. The van der Waals surface area contributed by atoms with Crippen molar-refractivity contribution in [2.75, 3.05) is 7.11 Å². The second-order valence-electron chi connectivity index (χ2n) is 3.45. The first-order valence-corrected chi connectivity index (χ1v) is 5.67. The van der Waals surface area contributed by atoms with Crippen molar-refractivity contribution >= 4 is 6.29 Å². The largest absolute Gasteiger partial charge is 1.00 e. The number of carbonyl (C=O) groups is 1. The van der Waals surface area contributed by atoms with Crippen LogP contribution in [0, 0.1) is 6.07 Å². The minimum atomic E-state index is -4.64. The zero-order valence-corrected chi connectivity index (χ0v) is 13.0. The van der Waals surface area contributed by atoms with Crippen molar-refractivity contribution in [3.8, 4) is 16.9 Å². The SMILES string of the molecule is CO.O=CC(F)(F)F.Oc1ccccc1-c1[c-]cccc1.[Pd+]. The first-order valence-electron chi connectivity index (χ1n) is 5.67. The number of hydrogen-bond acceptors (Lipinski definition) is 3. The molecule has 0 spiro atoms. The van der Waals surface area contributed by atoms with E-state index in [0.29, 0.717) is 5.75 Å². The Morgan fingerprint density at radius 1 is 1.05 bits per heavy atom. The van der Waals surface area contributed by atoms with E-state index < -0.39 is 12.5 Å². The van der Waals surface area contributed by atoms with Crippen molar-refractivity contribution in [2.45, 2.75) is 6.18 Å². The first kappa shape index (κ1) is 22.6. The zero-order valence-electron chi connectivity index (χ0n) is 11.4. The van der Waals surface area contributed by atoms with Crippen LogP contribution in [0.5, 0.6) is 5.75 Å². The molecule has 123 valence electrons. The Bertz CT molecular complexity index is 531. The maximum atomic E-state index is 10.4. The van der Waals surface area contributed by atoms with Crippen LogP contribution in [0.4, 0.5) is 13.2 Å². The molecule has 0 aliphatic heterocycles. The molecule has 22 heavy (non-hydrogen) atoms. The molecule has 3 nitrogen and oxygen atoms in total. The third kappa shape index (κ3) is 9.29. The van der Waals surface area contributed by atoms with Crippen LogP contribution < -0.4 is 0 Å². The monoisotopic (exact) mass is 405 g/mol. The van der Waals surface area contributed by atoms with E-state index >= 15 is 0 Å². The van der Waals surface area contributed by atoms with Gasteiger partial charge in [-0.05, 0) is 6.07 Å². The van der Waals surface area contributed by atoms with Crippen LogP contribution >= 0.6 is 0 Å². The molecule has 0 saturated heterocycles. The van der Waals surface area contributed by atoms with E-state index in [1.807, 2.05) is 42.5 Å². The number of phenolic OH excluding ortho intramolecular Hbond substituents is 1. The Kier molecular flexibility index (Phi) is 12.3. The van der Waals surface area contributed by atoms with Crippen LogP contribution in [0.1, 0.15) is 0 Å². The summed E-state index contributed by atoms with van der Waals surface area (Å²) in [6.45, 7) is 0. The van der Waals surface area contributed by atoms with Gasteiger partial charge < -0.3 is 10.2 Å². The third-order valence-corrected chi connectivity index (χ3v) is 2.04. The normalized spacial score (nSPS) is 9.14. The molecule has 7 heteroatoms. The minimum absolute atomic E-state index is 0. The summed E-state index contributed by atoms with van der Waals surface area (Å²) in [6.07, 6.45) is -5.70. The van der Waals surface area contributed by atoms with Crippen LogP contribution in [0.25, 0.3) is 11.1 Å². The zero-order chi connectivity index (χ0) is 16.3. The van der Waals surface area contributed by atoms with Crippen LogP contribution in [0.3, 0.4) is 0 Å². The number of aldehydes is 1. The van der Waals surface area contributed by atoms with Gasteiger partial charge >= 0.3 is 26.6 Å². The molecule has 2 aromatic rings. The van der Waals surface area contributed by atoms with E-state index in [1.165, 1.54) is 0 Å². The molecule has 0 amide bonds. The van der Waals surface area contributed by atoms with Gasteiger partial charge in [0, 0.05) is 7.11 Å². The van der Waals surface area contributed by atoms with Gasteiger partial charge in [0.25, 0.3) is 0 Å². The van der Waals surface area contributed by atoms with Crippen LogP contribution in [-0.4, -0.2) is 29.8 Å². The Balaban J connectivity index is 0. The predicted octanol–water partition coefficient (Wildman–Crippen LogP) is 3.21. The summed E-state index contributed by atoms with van der Waals surface area (Å²) in [6, 6.07) is 17.9. The van der Waals surface area contributed by atoms with Crippen molar-refractivity contribution in [1.82, 2.24) is 0 Å². The van der Waals surface area contributed by atoms with E-state index in [0.717, 1.165) is 18.2 Å². The van der Waals surface area contributed by atoms with Crippen molar-refractivity contribution in [2.24, 2.45) is 0 Å². The number of rotatable bonds is 1. The van der Waals surface area contributed by atoms with Crippen LogP contribution in [0.2, 0.25) is 0 Å². The Labute approximate surface area is 140 Å². The average molecular weight is 406 g/mol. The molecule has 2 N–H and O–H groups in total. The van der Waals surface area contributed by atoms with E-state index in [1.54, 1.807) is 6.07 Å². The Morgan fingerprint density at radius 2 is 1.55 bits per heavy atom. The van der Waals surface area contributed by atoms with Gasteiger partial charge in [0.2, 0.25) is 6.29 Å². The first-order chi connectivity index (χ1) is 9.94. The minimum Gasteiger partial charge on any atom is -0.517 e. The summed E-state index contributed by atoms with van der Waals surface area (Å²) in [4.78, 5) is 8.70. The number of alkyl halides is 3. The second kappa shape index (κ2) is 11.9. The number of carbonyl (C=O) groups excluding carboxylic acids is 1. The predicted molar refractivity (Wildman–Crippen MR) is 72.6 cm³/mol. The molecule has 2 aromatic carbocycles. The summed E-state index contributed by atoms with van der Waals surface area (Å²) in [5.41, 5.74) is 1.74. The summed E-state index contributed by atoms with van der Waals surface area (Å²) in [7, 11) is 1.00. The van der Waals surface area contributed by atoms with Crippen molar-refractivity contribution in [1.29, 1.82) is 0 Å². The fraction of sp³-hybridized carbons (Fsp3) is 0.133. The summed E-state index contributed by atoms with van der Waals surface area (Å²) >= 11 is 0. The van der Waals surface area contributed by atoms with Gasteiger partial charge in [-0.15, -0.1) is 35.9 Å². The molecule has 0 fully saturated rings. The average Bonchev–Trinajstić information content (AvgIpc) is 2.50. The standard InChI is InChI=1S/C12H9O.C2HF3O.CH4O.Pd/c13-12-9-5-4-8-11(12)10-6-2-1-3-7-10;3-2(4,5)1-6;1-2;/h1-6,8-9,13H;1H;2H,1H3;/q-1;;;+1. The van der Waals surface area contributed by atoms with Gasteiger partial charge in [-0.1, -0.05) is 23.8 Å². The van der Waals surface area contributed by atoms with Crippen molar-refractivity contribution < 1.29 is 48.6 Å². The number of hydrogen-bond donors (Lipinski definition) is 2. The Morgan fingerprint density at radius 3 is 1.95 bits per heavy atom.